The van der Waals surface area contributed by atoms with Gasteiger partial charge in [0.2, 0.25) is 0 Å². The van der Waals surface area contributed by atoms with Crippen LogP contribution in [0, 0.1) is 5.82 Å². The minimum Gasteiger partial charge on any atom is -0.378 e. The Morgan fingerprint density at radius 2 is 1.76 bits per heavy atom. The van der Waals surface area contributed by atoms with Crippen molar-refractivity contribution in [2.24, 2.45) is 0 Å². The van der Waals surface area contributed by atoms with E-state index in [1.54, 1.807) is 5.10 Å². The van der Waals surface area contributed by atoms with Gasteiger partial charge in [-0.05, 0) is 36.4 Å². The van der Waals surface area contributed by atoms with Crippen molar-refractivity contribution < 1.29 is 39.9 Å². The second-order valence-electron chi connectivity index (χ2n) is 8.94. The zero-order valence-electron chi connectivity index (χ0n) is 21.1. The summed E-state index contributed by atoms with van der Waals surface area (Å²) in [6.07, 6.45) is -4.11. The number of halogens is 8. The second-order valence-corrected chi connectivity index (χ2v) is 8.94. The van der Waals surface area contributed by atoms with E-state index < -0.39 is 65.6 Å². The summed E-state index contributed by atoms with van der Waals surface area (Å²) in [5, 5.41) is 7.60. The van der Waals surface area contributed by atoms with E-state index in [0.717, 1.165) is 18.5 Å². The van der Waals surface area contributed by atoms with E-state index in [9.17, 15) is 44.7 Å². The van der Waals surface area contributed by atoms with E-state index in [1.807, 2.05) is 0 Å². The van der Waals surface area contributed by atoms with Crippen molar-refractivity contribution in [1.29, 1.82) is 0 Å². The van der Waals surface area contributed by atoms with Crippen molar-refractivity contribution in [3.63, 3.8) is 0 Å². The van der Waals surface area contributed by atoms with Gasteiger partial charge in [0, 0.05) is 31.2 Å². The van der Waals surface area contributed by atoms with Crippen molar-refractivity contribution in [1.82, 2.24) is 24.7 Å². The lowest BCUT2D eigenvalue weighted by Crippen LogP contribution is -2.32. The molecule has 0 aliphatic carbocycles. The maximum absolute atomic E-state index is 14.9. The van der Waals surface area contributed by atoms with Gasteiger partial charge in [0.15, 0.2) is 5.82 Å². The molecule has 42 heavy (non-hydrogen) atoms. The molecule has 0 amide bonds. The molecule has 0 aliphatic rings. The maximum Gasteiger partial charge on any atom is 0.423 e. The molecule has 0 saturated carbocycles. The van der Waals surface area contributed by atoms with Gasteiger partial charge in [-0.15, -0.1) is 0 Å². The highest BCUT2D eigenvalue weighted by atomic mass is 19.4. The summed E-state index contributed by atoms with van der Waals surface area (Å²) in [6, 6.07) is 2.55. The van der Waals surface area contributed by atoms with E-state index in [1.165, 1.54) is 22.9 Å². The Labute approximate surface area is 230 Å². The van der Waals surface area contributed by atoms with Crippen molar-refractivity contribution in [3.8, 4) is 11.4 Å². The number of rotatable bonds is 11. The third-order valence-electron chi connectivity index (χ3n) is 6.10. The molecule has 2 N–H and O–H groups in total. The molecule has 0 unspecified atom stereocenters. The summed E-state index contributed by atoms with van der Waals surface area (Å²) >= 11 is 0. The van der Waals surface area contributed by atoms with E-state index in [0.29, 0.717) is 11.6 Å². The molecule has 224 valence electrons. The maximum atomic E-state index is 14.9. The first-order chi connectivity index (χ1) is 19.8. The van der Waals surface area contributed by atoms with Crippen LogP contribution in [0.2, 0.25) is 0 Å². The number of aryl methyl sites for hydroxylation is 1. The number of nitrogens with zero attached hydrogens (tertiary/aromatic N) is 4. The van der Waals surface area contributed by atoms with Crippen LogP contribution < -0.4 is 16.4 Å². The number of fused-ring (bicyclic) bond motifs is 1. The highest BCUT2D eigenvalue weighted by Gasteiger charge is 2.37. The van der Waals surface area contributed by atoms with Gasteiger partial charge in [0.1, 0.15) is 11.4 Å². The number of nitrogens with one attached hydrogen (secondary N) is 2. The Morgan fingerprint density at radius 1 is 1.05 bits per heavy atom. The lowest BCUT2D eigenvalue weighted by molar-refractivity contribution is -0.138. The normalized spacial score (nSPS) is 12.8. The third-order valence-corrected chi connectivity index (χ3v) is 6.10. The summed E-state index contributed by atoms with van der Waals surface area (Å²) in [5.74, 6) is -1.06. The molecule has 0 bridgehead atoms. The van der Waals surface area contributed by atoms with Crippen LogP contribution in [0.5, 0.6) is 0 Å². The number of benzene rings is 1. The van der Waals surface area contributed by atoms with Crippen LogP contribution in [-0.4, -0.2) is 44.0 Å². The molecular formula is C25H20F8N6O3. The number of H-pyrrole nitrogens is 1. The molecule has 1 atom stereocenters. The van der Waals surface area contributed by atoms with Gasteiger partial charge in [0.25, 0.3) is 17.5 Å². The number of aromatic amines is 1. The topological polar surface area (TPSA) is 115 Å². The van der Waals surface area contributed by atoms with Crippen molar-refractivity contribution >= 4 is 16.5 Å². The van der Waals surface area contributed by atoms with E-state index in [-0.39, 0.29) is 36.2 Å². The fourth-order valence-corrected chi connectivity index (χ4v) is 4.15. The molecule has 0 radical (unpaired) electrons. The number of hydrogen-bond acceptors (Lipinski definition) is 7. The van der Waals surface area contributed by atoms with Crippen LogP contribution in [0.4, 0.5) is 40.8 Å². The lowest BCUT2D eigenvalue weighted by Gasteiger charge is -2.22. The quantitative estimate of drug-likeness (QED) is 0.228. The number of alkyl halides is 7. The zero-order chi connectivity index (χ0) is 30.6. The molecule has 4 rings (SSSR count). The molecule has 3 aromatic heterocycles. The van der Waals surface area contributed by atoms with Crippen molar-refractivity contribution in [2.75, 3.05) is 11.9 Å². The Hall–Kier alpha value is -4.41. The molecule has 0 aliphatic heterocycles. The van der Waals surface area contributed by atoms with Crippen LogP contribution in [0.15, 0.2) is 52.6 Å². The van der Waals surface area contributed by atoms with E-state index in [2.05, 4.69) is 25.1 Å². The fourth-order valence-electron chi connectivity index (χ4n) is 4.15. The SMILES string of the molecule is O=c1[nH]ncc(N[C@H](CCCn2ccc3cc(-c4ncc(C(F)F)cn4)c(F)cc3c2=O)COC(F)F)c1C(F)(F)F. The molecule has 0 spiro atoms. The predicted octanol–water partition coefficient (Wildman–Crippen LogP) is 5.14. The summed E-state index contributed by atoms with van der Waals surface area (Å²) in [7, 11) is 0. The molecule has 0 fully saturated rings. The first kappa shape index (κ1) is 30.5. The van der Waals surface area contributed by atoms with Gasteiger partial charge >= 0.3 is 12.8 Å². The smallest absolute Gasteiger partial charge is 0.378 e. The lowest BCUT2D eigenvalue weighted by atomic mass is 10.1. The monoisotopic (exact) mass is 604 g/mol. The summed E-state index contributed by atoms with van der Waals surface area (Å²) in [4.78, 5) is 32.2. The van der Waals surface area contributed by atoms with Crippen LogP contribution >= 0.6 is 0 Å². The number of aromatic nitrogens is 5. The van der Waals surface area contributed by atoms with Gasteiger partial charge < -0.3 is 14.6 Å². The van der Waals surface area contributed by atoms with Gasteiger partial charge in [-0.25, -0.2) is 28.2 Å². The van der Waals surface area contributed by atoms with E-state index in [4.69, 9.17) is 0 Å². The van der Waals surface area contributed by atoms with Crippen molar-refractivity contribution in [2.45, 2.75) is 44.6 Å². The Morgan fingerprint density at radius 3 is 2.40 bits per heavy atom. The Kier molecular flexibility index (Phi) is 9.18. The van der Waals surface area contributed by atoms with Crippen LogP contribution in [0.25, 0.3) is 22.2 Å². The molecular weight excluding hydrogens is 584 g/mol. The van der Waals surface area contributed by atoms with Crippen molar-refractivity contribution in [3.05, 3.63) is 80.6 Å². The standard InChI is InChI=1S/C25H20F8N6O3/c26-17-7-15-12(6-16(17)21-34-8-13(9-35-21)20(27)28)3-5-39(23(15)41)4-1-2-14(11-42-24(29)30)37-18-10-36-38-22(40)19(18)25(31,32)33/h3,5-10,14,20,24H,1-2,4,11H2,(H2,37,38,40)/t14-/m1/s1. The molecule has 1 aromatic carbocycles. The van der Waals surface area contributed by atoms with Crippen LogP contribution in [0.3, 0.4) is 0 Å². The number of anilines is 1. The minimum absolute atomic E-state index is 0.0387. The van der Waals surface area contributed by atoms with Gasteiger partial charge in [-0.3, -0.25) is 9.59 Å². The highest BCUT2D eigenvalue weighted by molar-refractivity contribution is 5.86. The number of ether oxygens (including phenoxy) is 1. The summed E-state index contributed by atoms with van der Waals surface area (Å²) in [6.45, 7) is -3.99. The average molecular weight is 604 g/mol. The first-order valence-corrected chi connectivity index (χ1v) is 12.1. The van der Waals surface area contributed by atoms with Crippen LogP contribution in [0.1, 0.15) is 30.4 Å². The largest absolute Gasteiger partial charge is 0.423 e. The van der Waals surface area contributed by atoms with Gasteiger partial charge in [-0.2, -0.15) is 27.1 Å². The summed E-state index contributed by atoms with van der Waals surface area (Å²) < 4.78 is 111. The minimum atomic E-state index is -5.07. The van der Waals surface area contributed by atoms with E-state index >= 15 is 0 Å². The molecule has 3 heterocycles. The number of hydrogen-bond donors (Lipinski definition) is 2. The highest BCUT2D eigenvalue weighted by Crippen LogP contribution is 2.32. The molecule has 0 saturated heterocycles. The third kappa shape index (κ3) is 7.07. The zero-order valence-corrected chi connectivity index (χ0v) is 21.1. The molecule has 9 nitrogen and oxygen atoms in total. The second kappa shape index (κ2) is 12.6. The number of pyridine rings is 1. The van der Waals surface area contributed by atoms with Crippen LogP contribution in [-0.2, 0) is 17.5 Å². The Balaban J connectivity index is 1.52. The molecule has 4 aromatic rings. The van der Waals surface area contributed by atoms with Gasteiger partial charge in [0.05, 0.1) is 35.0 Å². The summed E-state index contributed by atoms with van der Waals surface area (Å²) in [5.41, 5.74) is -5.07. The van der Waals surface area contributed by atoms with Gasteiger partial charge in [-0.1, -0.05) is 0 Å². The fraction of sp³-hybridized carbons (Fsp3) is 0.320. The predicted molar refractivity (Wildman–Crippen MR) is 133 cm³/mol. The Bertz CT molecular complexity index is 1660. The molecule has 17 heteroatoms. The average Bonchev–Trinajstić information content (AvgIpc) is 2.92. The first-order valence-electron chi connectivity index (χ1n) is 12.1.